The molecule has 0 atom stereocenters. The van der Waals surface area contributed by atoms with Crippen LogP contribution in [0.15, 0.2) is 30.6 Å². The minimum atomic E-state index is 0.538. The van der Waals surface area contributed by atoms with Crippen molar-refractivity contribution in [1.29, 1.82) is 0 Å². The molecular weight excluding hydrogens is 286 g/mol. The Balaban J connectivity index is 2.21. The molecule has 0 saturated heterocycles. The summed E-state index contributed by atoms with van der Waals surface area (Å²) in [4.78, 5) is 10.5. The van der Waals surface area contributed by atoms with Gasteiger partial charge in [-0.05, 0) is 24.6 Å². The Morgan fingerprint density at radius 1 is 1.33 bits per heavy atom. The summed E-state index contributed by atoms with van der Waals surface area (Å²) < 4.78 is 0. The zero-order chi connectivity index (χ0) is 15.2. The van der Waals surface area contributed by atoms with Crippen LogP contribution in [-0.4, -0.2) is 23.6 Å². The van der Waals surface area contributed by atoms with Crippen LogP contribution in [0, 0.1) is 0 Å². The molecule has 6 heteroatoms. The first kappa shape index (κ1) is 15.4. The minimum absolute atomic E-state index is 0.538. The largest absolute Gasteiger partial charge is 0.393 e. The summed E-state index contributed by atoms with van der Waals surface area (Å²) in [7, 11) is 1.98. The molecule has 0 aliphatic rings. The highest BCUT2D eigenvalue weighted by atomic mass is 35.5. The summed E-state index contributed by atoms with van der Waals surface area (Å²) in [5.41, 5.74) is 7.56. The van der Waals surface area contributed by atoms with E-state index < -0.39 is 0 Å². The predicted molar refractivity (Wildman–Crippen MR) is 89.4 cm³/mol. The number of aromatic nitrogens is 2. The van der Waals surface area contributed by atoms with Crippen molar-refractivity contribution in [2.75, 3.05) is 29.5 Å². The second-order valence-corrected chi connectivity index (χ2v) is 5.31. The van der Waals surface area contributed by atoms with Crippen molar-refractivity contribution >= 4 is 34.6 Å². The number of unbranched alkanes of at least 4 members (excludes halogenated alkanes) is 1. The Hall–Kier alpha value is -2.01. The third-order valence-corrected chi connectivity index (χ3v) is 3.39. The minimum Gasteiger partial charge on any atom is -0.393 e. The summed E-state index contributed by atoms with van der Waals surface area (Å²) in [6.45, 7) is 3.07. The van der Waals surface area contributed by atoms with Gasteiger partial charge >= 0.3 is 0 Å². The van der Waals surface area contributed by atoms with E-state index in [4.69, 9.17) is 17.3 Å². The fraction of sp³-hybridized carbons (Fsp3) is 0.333. The maximum atomic E-state index is 6.18. The molecule has 0 radical (unpaired) electrons. The van der Waals surface area contributed by atoms with Crippen LogP contribution in [0.25, 0.3) is 0 Å². The van der Waals surface area contributed by atoms with E-state index in [-0.39, 0.29) is 0 Å². The molecule has 5 nitrogen and oxygen atoms in total. The second kappa shape index (κ2) is 7.13. The van der Waals surface area contributed by atoms with Gasteiger partial charge in [0.1, 0.15) is 12.0 Å². The average molecular weight is 306 g/mol. The molecule has 2 aromatic rings. The van der Waals surface area contributed by atoms with Crippen molar-refractivity contribution in [3.8, 4) is 0 Å². The zero-order valence-corrected chi connectivity index (χ0v) is 13.1. The highest BCUT2D eigenvalue weighted by Gasteiger charge is 2.12. The SMILES string of the molecule is CCCCN(C)c1ncnc(Nc2cccc(Cl)c2)c1N. The van der Waals surface area contributed by atoms with Gasteiger partial charge in [0.15, 0.2) is 11.6 Å². The van der Waals surface area contributed by atoms with Gasteiger partial charge in [-0.2, -0.15) is 0 Å². The van der Waals surface area contributed by atoms with Crippen LogP contribution in [0.3, 0.4) is 0 Å². The van der Waals surface area contributed by atoms with E-state index in [1.807, 2.05) is 36.2 Å². The van der Waals surface area contributed by atoms with Crippen molar-refractivity contribution < 1.29 is 0 Å². The molecule has 0 bridgehead atoms. The topological polar surface area (TPSA) is 67.1 Å². The molecule has 0 aliphatic carbocycles. The molecule has 0 aliphatic heterocycles. The lowest BCUT2D eigenvalue weighted by Gasteiger charge is -2.20. The van der Waals surface area contributed by atoms with E-state index in [0.717, 1.165) is 30.9 Å². The summed E-state index contributed by atoms with van der Waals surface area (Å²) in [6.07, 6.45) is 3.74. The standard InChI is InChI=1S/C15H20ClN5/c1-3-4-8-21(2)15-13(17)14(18-10-19-15)20-12-7-5-6-11(16)9-12/h5-7,9-10H,3-4,8,17H2,1-2H3,(H,18,19,20). The first-order valence-electron chi connectivity index (χ1n) is 6.96. The molecular formula is C15H20ClN5. The van der Waals surface area contributed by atoms with Crippen LogP contribution in [0.5, 0.6) is 0 Å². The molecule has 1 heterocycles. The smallest absolute Gasteiger partial charge is 0.159 e. The number of halogens is 1. The Labute approximate surface area is 130 Å². The van der Waals surface area contributed by atoms with Gasteiger partial charge in [0.25, 0.3) is 0 Å². The average Bonchev–Trinajstić information content (AvgIpc) is 2.47. The summed E-state index contributed by atoms with van der Waals surface area (Å²) in [5.74, 6) is 1.33. The Morgan fingerprint density at radius 3 is 2.86 bits per heavy atom. The fourth-order valence-corrected chi connectivity index (χ4v) is 2.18. The zero-order valence-electron chi connectivity index (χ0n) is 12.3. The number of benzene rings is 1. The van der Waals surface area contributed by atoms with E-state index in [1.54, 1.807) is 0 Å². The van der Waals surface area contributed by atoms with Crippen molar-refractivity contribution in [3.63, 3.8) is 0 Å². The van der Waals surface area contributed by atoms with Gasteiger partial charge in [-0.15, -0.1) is 0 Å². The lowest BCUT2D eigenvalue weighted by atomic mass is 10.3. The Morgan fingerprint density at radius 2 is 2.14 bits per heavy atom. The first-order chi connectivity index (χ1) is 10.1. The van der Waals surface area contributed by atoms with Gasteiger partial charge in [0.05, 0.1) is 0 Å². The number of rotatable bonds is 6. The summed E-state index contributed by atoms with van der Waals surface area (Å²) in [6, 6.07) is 7.42. The lowest BCUT2D eigenvalue weighted by Crippen LogP contribution is -2.21. The Bertz CT molecular complexity index is 602. The van der Waals surface area contributed by atoms with Crippen LogP contribution in [-0.2, 0) is 0 Å². The molecule has 1 aromatic heterocycles. The number of nitrogen functional groups attached to an aromatic ring is 1. The maximum absolute atomic E-state index is 6.18. The highest BCUT2D eigenvalue weighted by Crippen LogP contribution is 2.28. The molecule has 0 spiro atoms. The van der Waals surface area contributed by atoms with E-state index >= 15 is 0 Å². The van der Waals surface area contributed by atoms with Crippen molar-refractivity contribution in [1.82, 2.24) is 9.97 Å². The summed E-state index contributed by atoms with van der Waals surface area (Å²) >= 11 is 5.98. The van der Waals surface area contributed by atoms with Crippen molar-refractivity contribution in [2.45, 2.75) is 19.8 Å². The molecule has 0 fully saturated rings. The van der Waals surface area contributed by atoms with Gasteiger partial charge in [0, 0.05) is 24.3 Å². The number of anilines is 4. The monoisotopic (exact) mass is 305 g/mol. The fourth-order valence-electron chi connectivity index (χ4n) is 1.99. The third-order valence-electron chi connectivity index (χ3n) is 3.16. The lowest BCUT2D eigenvalue weighted by molar-refractivity contribution is 0.759. The van der Waals surface area contributed by atoms with Crippen LogP contribution < -0.4 is 16.0 Å². The van der Waals surface area contributed by atoms with Crippen LogP contribution >= 0.6 is 11.6 Å². The van der Waals surface area contributed by atoms with E-state index in [0.29, 0.717) is 16.5 Å². The number of nitrogens with zero attached hydrogens (tertiary/aromatic N) is 3. The van der Waals surface area contributed by atoms with Gasteiger partial charge in [0.2, 0.25) is 0 Å². The Kier molecular flexibility index (Phi) is 5.22. The molecule has 112 valence electrons. The van der Waals surface area contributed by atoms with Gasteiger partial charge < -0.3 is 16.0 Å². The maximum Gasteiger partial charge on any atom is 0.159 e. The molecule has 2 rings (SSSR count). The predicted octanol–water partition coefficient (Wildman–Crippen LogP) is 3.69. The molecule has 1 aromatic carbocycles. The van der Waals surface area contributed by atoms with E-state index in [1.165, 1.54) is 6.33 Å². The van der Waals surface area contributed by atoms with Gasteiger partial charge in [-0.1, -0.05) is 31.0 Å². The highest BCUT2D eigenvalue weighted by molar-refractivity contribution is 6.30. The number of nitrogens with one attached hydrogen (secondary N) is 1. The molecule has 21 heavy (non-hydrogen) atoms. The normalized spacial score (nSPS) is 10.4. The second-order valence-electron chi connectivity index (χ2n) is 4.87. The molecule has 0 amide bonds. The van der Waals surface area contributed by atoms with Crippen molar-refractivity contribution in [2.24, 2.45) is 0 Å². The quantitative estimate of drug-likeness (QED) is 0.852. The van der Waals surface area contributed by atoms with E-state index in [2.05, 4.69) is 22.2 Å². The van der Waals surface area contributed by atoms with Crippen LogP contribution in [0.1, 0.15) is 19.8 Å². The summed E-state index contributed by atoms with van der Waals surface area (Å²) in [5, 5.41) is 3.84. The van der Waals surface area contributed by atoms with E-state index in [9.17, 15) is 0 Å². The first-order valence-corrected chi connectivity index (χ1v) is 7.33. The van der Waals surface area contributed by atoms with Crippen LogP contribution in [0.2, 0.25) is 5.02 Å². The van der Waals surface area contributed by atoms with Gasteiger partial charge in [-0.3, -0.25) is 0 Å². The molecule has 0 unspecified atom stereocenters. The number of hydrogen-bond donors (Lipinski definition) is 2. The molecule has 3 N–H and O–H groups in total. The van der Waals surface area contributed by atoms with Crippen molar-refractivity contribution in [3.05, 3.63) is 35.6 Å². The van der Waals surface area contributed by atoms with Gasteiger partial charge in [-0.25, -0.2) is 9.97 Å². The van der Waals surface area contributed by atoms with Crippen LogP contribution in [0.4, 0.5) is 23.0 Å². The number of nitrogens with two attached hydrogens (primary N) is 1. The third kappa shape index (κ3) is 3.98. The molecule has 0 saturated carbocycles. The number of hydrogen-bond acceptors (Lipinski definition) is 5.